The minimum absolute atomic E-state index is 0.117. The molecule has 1 N–H and O–H groups in total. The fourth-order valence-corrected chi connectivity index (χ4v) is 1.47. The summed E-state index contributed by atoms with van der Waals surface area (Å²) in [5.41, 5.74) is 0. The number of nitrogens with zero attached hydrogens (tertiary/aromatic N) is 1. The van der Waals surface area contributed by atoms with Crippen molar-refractivity contribution in [1.29, 1.82) is 0 Å². The Kier molecular flexibility index (Phi) is 2.71. The first-order valence-corrected chi connectivity index (χ1v) is 4.48. The zero-order valence-electron chi connectivity index (χ0n) is 8.15. The molecular weight excluding hydrogens is 170 g/mol. The van der Waals surface area contributed by atoms with E-state index in [0.717, 1.165) is 4.90 Å². The highest BCUT2D eigenvalue weighted by Crippen LogP contribution is 2.25. The Morgan fingerprint density at radius 2 is 1.69 bits per heavy atom. The predicted molar refractivity (Wildman–Crippen MR) is 46.7 cm³/mol. The van der Waals surface area contributed by atoms with E-state index in [1.165, 1.54) is 0 Å². The van der Waals surface area contributed by atoms with E-state index in [-0.39, 0.29) is 30.2 Å². The molecule has 13 heavy (non-hydrogen) atoms. The van der Waals surface area contributed by atoms with Gasteiger partial charge in [-0.3, -0.25) is 14.5 Å². The van der Waals surface area contributed by atoms with E-state index in [1.54, 1.807) is 20.8 Å². The maximum Gasteiger partial charge on any atom is 0.232 e. The molecule has 1 rings (SSSR count). The van der Waals surface area contributed by atoms with Gasteiger partial charge in [-0.05, 0) is 6.92 Å². The monoisotopic (exact) mass is 185 g/mol. The Morgan fingerprint density at radius 3 is 2.00 bits per heavy atom. The van der Waals surface area contributed by atoms with Gasteiger partial charge in [0.2, 0.25) is 11.8 Å². The molecule has 4 heteroatoms. The second-order valence-corrected chi connectivity index (χ2v) is 3.71. The average molecular weight is 185 g/mol. The number of hydrogen-bond acceptors (Lipinski definition) is 3. The lowest BCUT2D eigenvalue weighted by Crippen LogP contribution is -2.36. The number of aliphatic hydroxyl groups is 1. The van der Waals surface area contributed by atoms with E-state index in [2.05, 4.69) is 0 Å². The van der Waals surface area contributed by atoms with Crippen molar-refractivity contribution in [2.75, 3.05) is 6.54 Å². The third-order valence-corrected chi connectivity index (χ3v) is 2.51. The Balaban J connectivity index is 2.76. The molecule has 2 unspecified atom stereocenters. The van der Waals surface area contributed by atoms with Gasteiger partial charge in [0.1, 0.15) is 0 Å². The Labute approximate surface area is 77.5 Å². The lowest BCUT2D eigenvalue weighted by molar-refractivity contribution is -0.141. The number of imide groups is 1. The average Bonchev–Trinajstić information content (AvgIpc) is 2.22. The largest absolute Gasteiger partial charge is 0.392 e. The van der Waals surface area contributed by atoms with Gasteiger partial charge in [-0.15, -0.1) is 0 Å². The maximum atomic E-state index is 11.5. The first-order chi connectivity index (χ1) is 5.95. The van der Waals surface area contributed by atoms with Crippen LogP contribution in [-0.4, -0.2) is 34.5 Å². The molecule has 1 fully saturated rings. The van der Waals surface area contributed by atoms with Crippen LogP contribution in [0, 0.1) is 11.8 Å². The summed E-state index contributed by atoms with van der Waals surface area (Å²) < 4.78 is 0. The standard InChI is InChI=1S/C9H15NO3/c1-5(11)4-10-8(12)6(2)7(3)9(10)13/h5-7,11H,4H2,1-3H3/t5-,6?,7?/m0/s1. The van der Waals surface area contributed by atoms with Gasteiger partial charge < -0.3 is 5.11 Å². The number of aliphatic hydroxyl groups excluding tert-OH is 1. The molecule has 4 nitrogen and oxygen atoms in total. The number of carbonyl (C=O) groups excluding carboxylic acids is 2. The van der Waals surface area contributed by atoms with Crippen LogP contribution in [0.1, 0.15) is 20.8 Å². The first kappa shape index (κ1) is 10.2. The lowest BCUT2D eigenvalue weighted by Gasteiger charge is -2.15. The summed E-state index contributed by atoms with van der Waals surface area (Å²) in [6.07, 6.45) is -0.648. The predicted octanol–water partition coefficient (Wildman–Crippen LogP) is 0.00820. The number of rotatable bonds is 2. The van der Waals surface area contributed by atoms with Crippen molar-refractivity contribution in [3.05, 3.63) is 0 Å². The molecule has 0 aliphatic carbocycles. The molecule has 1 saturated heterocycles. The number of hydrogen-bond donors (Lipinski definition) is 1. The van der Waals surface area contributed by atoms with Crippen molar-refractivity contribution in [3.63, 3.8) is 0 Å². The Bertz CT molecular complexity index is 217. The molecule has 0 aromatic rings. The lowest BCUT2D eigenvalue weighted by atomic mass is 10.00. The number of carbonyl (C=O) groups is 2. The van der Waals surface area contributed by atoms with E-state index in [9.17, 15) is 9.59 Å². The zero-order chi connectivity index (χ0) is 10.2. The Hall–Kier alpha value is -0.900. The SMILES string of the molecule is CC1C(=O)N(C[C@H](C)O)C(=O)C1C. The summed E-state index contributed by atoms with van der Waals surface area (Å²) in [5, 5.41) is 9.07. The van der Waals surface area contributed by atoms with E-state index in [4.69, 9.17) is 5.11 Å². The molecule has 0 aromatic heterocycles. The molecule has 0 radical (unpaired) electrons. The second kappa shape index (κ2) is 3.46. The van der Waals surface area contributed by atoms with Crippen molar-refractivity contribution in [1.82, 2.24) is 4.90 Å². The van der Waals surface area contributed by atoms with Gasteiger partial charge in [0.25, 0.3) is 0 Å². The van der Waals surface area contributed by atoms with Crippen LogP contribution in [0.3, 0.4) is 0 Å². The molecule has 0 aromatic carbocycles. The highest BCUT2D eigenvalue weighted by atomic mass is 16.3. The number of β-amino-alcohol motifs (C(OH)–C–C–N with tert-alkyl or cyclic N) is 1. The summed E-state index contributed by atoms with van der Waals surface area (Å²) in [4.78, 5) is 24.1. The minimum Gasteiger partial charge on any atom is -0.392 e. The molecule has 3 atom stereocenters. The van der Waals surface area contributed by atoms with Crippen molar-refractivity contribution >= 4 is 11.8 Å². The van der Waals surface area contributed by atoms with Crippen molar-refractivity contribution in [2.45, 2.75) is 26.9 Å². The topological polar surface area (TPSA) is 57.6 Å². The summed E-state index contributed by atoms with van der Waals surface area (Å²) >= 11 is 0. The molecule has 0 spiro atoms. The maximum absolute atomic E-state index is 11.5. The third kappa shape index (κ3) is 1.72. The molecule has 1 aliphatic heterocycles. The van der Waals surface area contributed by atoms with Crippen LogP contribution < -0.4 is 0 Å². The van der Waals surface area contributed by atoms with Crippen LogP contribution in [0.5, 0.6) is 0 Å². The van der Waals surface area contributed by atoms with Gasteiger partial charge in [0, 0.05) is 11.8 Å². The second-order valence-electron chi connectivity index (χ2n) is 3.71. The van der Waals surface area contributed by atoms with Crippen molar-refractivity contribution in [3.8, 4) is 0 Å². The van der Waals surface area contributed by atoms with Crippen molar-refractivity contribution in [2.24, 2.45) is 11.8 Å². The van der Waals surface area contributed by atoms with Crippen molar-refractivity contribution < 1.29 is 14.7 Å². The summed E-state index contributed by atoms with van der Waals surface area (Å²) in [7, 11) is 0. The zero-order valence-corrected chi connectivity index (χ0v) is 8.15. The molecular formula is C9H15NO3. The number of amides is 2. The summed E-state index contributed by atoms with van der Waals surface area (Å²) in [5.74, 6) is -0.825. The first-order valence-electron chi connectivity index (χ1n) is 4.48. The van der Waals surface area contributed by atoms with Gasteiger partial charge in [-0.25, -0.2) is 0 Å². The quantitative estimate of drug-likeness (QED) is 0.616. The van der Waals surface area contributed by atoms with Crippen LogP contribution in [0.15, 0.2) is 0 Å². The fourth-order valence-electron chi connectivity index (χ4n) is 1.47. The molecule has 0 saturated carbocycles. The van der Waals surface area contributed by atoms with Gasteiger partial charge in [-0.2, -0.15) is 0 Å². The van der Waals surface area contributed by atoms with E-state index in [1.807, 2.05) is 0 Å². The molecule has 1 heterocycles. The normalized spacial score (nSPS) is 31.2. The van der Waals surface area contributed by atoms with E-state index >= 15 is 0 Å². The van der Waals surface area contributed by atoms with Gasteiger partial charge in [0.15, 0.2) is 0 Å². The fraction of sp³-hybridized carbons (Fsp3) is 0.778. The molecule has 2 amide bonds. The smallest absolute Gasteiger partial charge is 0.232 e. The highest BCUT2D eigenvalue weighted by Gasteiger charge is 2.42. The van der Waals surface area contributed by atoms with Gasteiger partial charge in [-0.1, -0.05) is 13.8 Å². The molecule has 1 aliphatic rings. The van der Waals surface area contributed by atoms with Gasteiger partial charge >= 0.3 is 0 Å². The van der Waals surface area contributed by atoms with Crippen LogP contribution in [0.25, 0.3) is 0 Å². The minimum atomic E-state index is -0.648. The van der Waals surface area contributed by atoms with Crippen LogP contribution in [0.4, 0.5) is 0 Å². The van der Waals surface area contributed by atoms with Crippen LogP contribution >= 0.6 is 0 Å². The highest BCUT2D eigenvalue weighted by molar-refractivity contribution is 6.04. The molecule has 0 bridgehead atoms. The van der Waals surface area contributed by atoms with Gasteiger partial charge in [0.05, 0.1) is 12.6 Å². The molecule has 74 valence electrons. The summed E-state index contributed by atoms with van der Waals surface area (Å²) in [6.45, 7) is 5.17. The summed E-state index contributed by atoms with van der Waals surface area (Å²) in [6, 6.07) is 0. The third-order valence-electron chi connectivity index (χ3n) is 2.51. The van der Waals surface area contributed by atoms with Crippen LogP contribution in [-0.2, 0) is 9.59 Å². The van der Waals surface area contributed by atoms with E-state index in [0.29, 0.717) is 0 Å². The van der Waals surface area contributed by atoms with E-state index < -0.39 is 6.10 Å². The Morgan fingerprint density at radius 1 is 1.31 bits per heavy atom. The van der Waals surface area contributed by atoms with Crippen LogP contribution in [0.2, 0.25) is 0 Å². The number of likely N-dealkylation sites (tertiary alicyclic amines) is 1.